The molecule has 2 heterocycles. The molecule has 7 atom stereocenters. The predicted octanol–water partition coefficient (Wildman–Crippen LogP) is 0.838. The molecule has 1 aromatic carbocycles. The maximum Gasteiger partial charge on any atom is 0.243 e. The summed E-state index contributed by atoms with van der Waals surface area (Å²) in [5, 5.41) is 8.57. The van der Waals surface area contributed by atoms with Gasteiger partial charge >= 0.3 is 0 Å². The molecule has 0 spiro atoms. The van der Waals surface area contributed by atoms with Gasteiger partial charge in [-0.25, -0.2) is 0 Å². The number of fused-ring (bicyclic) bond motifs is 1. The molecule has 11 nitrogen and oxygen atoms in total. The highest BCUT2D eigenvalue weighted by Gasteiger charge is 2.56. The topological polar surface area (TPSA) is 139 Å². The molecule has 2 saturated carbocycles. The fourth-order valence-corrected chi connectivity index (χ4v) is 6.53. The summed E-state index contributed by atoms with van der Waals surface area (Å²) < 4.78 is 16.0. The molecule has 3 amide bonds. The Morgan fingerprint density at radius 1 is 1.00 bits per heavy atom. The third-order valence-corrected chi connectivity index (χ3v) is 9.30. The molecule has 0 bridgehead atoms. The number of ether oxygens (including phenoxy) is 3. The van der Waals surface area contributed by atoms with E-state index in [1.807, 2.05) is 17.0 Å². The minimum atomic E-state index is -0.952. The summed E-state index contributed by atoms with van der Waals surface area (Å²) in [5.41, 5.74) is -0.0481. The van der Waals surface area contributed by atoms with Crippen LogP contribution in [0.5, 0.6) is 5.75 Å². The zero-order valence-electron chi connectivity index (χ0n) is 24.9. The highest BCUT2D eigenvalue weighted by Crippen LogP contribution is 2.59. The van der Waals surface area contributed by atoms with Crippen LogP contribution < -0.4 is 20.7 Å². The predicted molar refractivity (Wildman–Crippen MR) is 154 cm³/mol. The Labute approximate surface area is 247 Å². The summed E-state index contributed by atoms with van der Waals surface area (Å²) in [4.78, 5) is 55.0. The van der Waals surface area contributed by atoms with E-state index in [0.717, 1.165) is 5.56 Å². The highest BCUT2D eigenvalue weighted by molar-refractivity contribution is 5.98. The van der Waals surface area contributed by atoms with Crippen LogP contribution in [0.15, 0.2) is 24.3 Å². The summed E-state index contributed by atoms with van der Waals surface area (Å²) >= 11 is 0. The van der Waals surface area contributed by atoms with Crippen LogP contribution in [-0.4, -0.2) is 98.7 Å². The number of ketones is 1. The van der Waals surface area contributed by atoms with Crippen molar-refractivity contribution in [2.24, 2.45) is 17.8 Å². The standard InChI is InChI=1S/C31H44N4O7/c1-19(32-27(36)17-35-11-13-41-14-12-35)29(38)34-26(15-20-7-9-21(40-3)10-8-20)30(39)33-25(28(37)31(2)18-42-31)16-24-22-5-4-6-23(22)24/h7-10,19,22-26H,4-6,11-18H2,1-3H3,(H,32,36)(H,33,39)(H,34,38)/t19-,22-,23+,24?,25-,26-,31+/m0/s1. The van der Waals surface area contributed by atoms with E-state index in [-0.39, 0.29) is 24.7 Å². The van der Waals surface area contributed by atoms with Crippen LogP contribution in [0.1, 0.15) is 45.1 Å². The lowest BCUT2D eigenvalue weighted by Crippen LogP contribution is -2.57. The molecule has 2 aliphatic heterocycles. The largest absolute Gasteiger partial charge is 0.497 e. The minimum Gasteiger partial charge on any atom is -0.497 e. The van der Waals surface area contributed by atoms with Gasteiger partial charge in [0, 0.05) is 19.5 Å². The molecule has 1 aromatic rings. The number of carbonyl (C=O) groups is 4. The number of carbonyl (C=O) groups excluding carboxylic acids is 4. The number of Topliss-reactive ketones (excluding diaryl/α,β-unsaturated/α-hetero) is 1. The maximum absolute atomic E-state index is 13.8. The van der Waals surface area contributed by atoms with E-state index in [4.69, 9.17) is 14.2 Å². The first-order valence-corrected chi connectivity index (χ1v) is 15.2. The number of amides is 3. The van der Waals surface area contributed by atoms with Gasteiger partial charge in [0.25, 0.3) is 0 Å². The van der Waals surface area contributed by atoms with Crippen molar-refractivity contribution in [1.29, 1.82) is 0 Å². The van der Waals surface area contributed by atoms with Crippen molar-refractivity contribution in [1.82, 2.24) is 20.9 Å². The molecule has 5 rings (SSSR count). The quantitative estimate of drug-likeness (QED) is 0.274. The number of nitrogens with one attached hydrogen (secondary N) is 3. The van der Waals surface area contributed by atoms with Crippen LogP contribution in [0, 0.1) is 17.8 Å². The second kappa shape index (κ2) is 13.1. The van der Waals surface area contributed by atoms with Gasteiger partial charge in [-0.15, -0.1) is 0 Å². The molecule has 42 heavy (non-hydrogen) atoms. The lowest BCUT2D eigenvalue weighted by atomic mass is 9.93. The SMILES string of the molecule is COc1ccc(C[C@H](NC(=O)[C@H](C)NC(=O)CN2CCOCC2)C(=O)N[C@@H](CC2[C@H]3CCC[C@@H]23)C(=O)[C@@]2(C)CO2)cc1. The molecular weight excluding hydrogens is 540 g/mol. The van der Waals surface area contributed by atoms with Crippen LogP contribution in [0.3, 0.4) is 0 Å². The van der Waals surface area contributed by atoms with Crippen LogP contribution in [0.2, 0.25) is 0 Å². The summed E-state index contributed by atoms with van der Waals surface area (Å²) in [6.45, 7) is 6.34. The second-order valence-corrected chi connectivity index (χ2v) is 12.4. The summed E-state index contributed by atoms with van der Waals surface area (Å²) in [6.07, 6.45) is 4.40. The first-order valence-electron chi connectivity index (χ1n) is 15.2. The average molecular weight is 585 g/mol. The first kappa shape index (κ1) is 30.4. The third-order valence-electron chi connectivity index (χ3n) is 9.30. The Balaban J connectivity index is 1.25. The van der Waals surface area contributed by atoms with Gasteiger partial charge in [-0.05, 0) is 68.6 Å². The zero-order valence-corrected chi connectivity index (χ0v) is 24.9. The van der Waals surface area contributed by atoms with Gasteiger partial charge in [0.1, 0.15) is 23.4 Å². The number of nitrogens with zero attached hydrogens (tertiary/aromatic N) is 1. The van der Waals surface area contributed by atoms with Crippen molar-refractivity contribution in [2.45, 2.75) is 69.7 Å². The molecule has 1 unspecified atom stereocenters. The molecule has 0 radical (unpaired) electrons. The summed E-state index contributed by atoms with van der Waals surface area (Å²) in [5.74, 6) is 1.11. The number of methoxy groups -OCH3 is 1. The van der Waals surface area contributed by atoms with Gasteiger partial charge in [0.05, 0.1) is 39.5 Å². The van der Waals surface area contributed by atoms with Crippen molar-refractivity contribution in [3.05, 3.63) is 29.8 Å². The number of benzene rings is 1. The van der Waals surface area contributed by atoms with Gasteiger partial charge in [0.2, 0.25) is 17.7 Å². The zero-order chi connectivity index (χ0) is 29.9. The van der Waals surface area contributed by atoms with Gasteiger partial charge < -0.3 is 30.2 Å². The summed E-state index contributed by atoms with van der Waals surface area (Å²) in [6, 6.07) is 4.78. The Morgan fingerprint density at radius 3 is 2.26 bits per heavy atom. The highest BCUT2D eigenvalue weighted by atomic mass is 16.6. The minimum absolute atomic E-state index is 0.112. The number of hydrogen-bond acceptors (Lipinski definition) is 8. The number of rotatable bonds is 14. The molecule has 2 aliphatic carbocycles. The number of morpholine rings is 1. The average Bonchev–Trinajstić information content (AvgIpc) is 3.83. The summed E-state index contributed by atoms with van der Waals surface area (Å²) in [7, 11) is 1.58. The van der Waals surface area contributed by atoms with Crippen molar-refractivity contribution >= 4 is 23.5 Å². The Bertz CT molecular complexity index is 1140. The smallest absolute Gasteiger partial charge is 0.243 e. The van der Waals surface area contributed by atoms with Crippen LogP contribution >= 0.6 is 0 Å². The number of hydrogen-bond donors (Lipinski definition) is 3. The maximum atomic E-state index is 13.8. The molecule has 2 saturated heterocycles. The Morgan fingerprint density at radius 2 is 1.64 bits per heavy atom. The molecule has 11 heteroatoms. The lowest BCUT2D eigenvalue weighted by Gasteiger charge is -2.27. The normalized spacial score (nSPS) is 28.5. The van der Waals surface area contributed by atoms with E-state index in [1.165, 1.54) is 19.3 Å². The monoisotopic (exact) mass is 584 g/mol. The van der Waals surface area contributed by atoms with E-state index in [0.29, 0.717) is 62.8 Å². The van der Waals surface area contributed by atoms with E-state index in [2.05, 4.69) is 16.0 Å². The number of epoxide rings is 1. The third kappa shape index (κ3) is 7.48. The Kier molecular flexibility index (Phi) is 9.49. The van der Waals surface area contributed by atoms with Crippen LogP contribution in [0.4, 0.5) is 0 Å². The fraction of sp³-hybridized carbons (Fsp3) is 0.677. The van der Waals surface area contributed by atoms with Gasteiger partial charge in [-0.1, -0.05) is 18.6 Å². The lowest BCUT2D eigenvalue weighted by molar-refractivity contribution is -0.134. The van der Waals surface area contributed by atoms with Gasteiger partial charge in [0.15, 0.2) is 5.78 Å². The first-order chi connectivity index (χ1) is 20.2. The molecule has 3 N–H and O–H groups in total. The van der Waals surface area contributed by atoms with Crippen LogP contribution in [-0.2, 0) is 35.1 Å². The Hall–Kier alpha value is -3.02. The van der Waals surface area contributed by atoms with Gasteiger partial charge in [-0.2, -0.15) is 0 Å². The fourth-order valence-electron chi connectivity index (χ4n) is 6.53. The van der Waals surface area contributed by atoms with Crippen molar-refractivity contribution in [3.8, 4) is 5.75 Å². The molecule has 4 fully saturated rings. The van der Waals surface area contributed by atoms with Gasteiger partial charge in [-0.3, -0.25) is 24.1 Å². The van der Waals surface area contributed by atoms with Crippen LogP contribution in [0.25, 0.3) is 0 Å². The van der Waals surface area contributed by atoms with E-state index in [1.54, 1.807) is 33.1 Å². The van der Waals surface area contributed by atoms with Crippen molar-refractivity contribution in [3.63, 3.8) is 0 Å². The van der Waals surface area contributed by atoms with Crippen molar-refractivity contribution in [2.75, 3.05) is 46.6 Å². The van der Waals surface area contributed by atoms with E-state index >= 15 is 0 Å². The van der Waals surface area contributed by atoms with E-state index in [9.17, 15) is 19.2 Å². The second-order valence-electron chi connectivity index (χ2n) is 12.4. The molecule has 4 aliphatic rings. The van der Waals surface area contributed by atoms with E-state index < -0.39 is 35.5 Å². The molecule has 0 aromatic heterocycles. The molecular formula is C31H44N4O7. The molecule has 230 valence electrons. The van der Waals surface area contributed by atoms with Crippen molar-refractivity contribution < 1.29 is 33.4 Å².